The lowest BCUT2D eigenvalue weighted by molar-refractivity contribution is -0.355. The van der Waals surface area contributed by atoms with Gasteiger partial charge in [-0.1, -0.05) is 31.2 Å². The number of hydrogen-bond acceptors (Lipinski definition) is 1. The molecule has 92 valence electrons. The van der Waals surface area contributed by atoms with Gasteiger partial charge in [0.2, 0.25) is 5.69 Å². The third-order valence-electron chi connectivity index (χ3n) is 2.97. The molecule has 0 atom stereocenters. The van der Waals surface area contributed by atoms with Crippen molar-refractivity contribution >= 4 is 11.9 Å². The van der Waals surface area contributed by atoms with E-state index in [0.29, 0.717) is 5.69 Å². The van der Waals surface area contributed by atoms with Crippen LogP contribution in [0.1, 0.15) is 23.6 Å². The first kappa shape index (κ1) is 12.4. The summed E-state index contributed by atoms with van der Waals surface area (Å²) in [6, 6.07) is 15.6. The number of nitrogens with zero attached hydrogens (tertiary/aromatic N) is 1. The minimum atomic E-state index is 0.705. The van der Waals surface area contributed by atoms with Crippen molar-refractivity contribution in [3.63, 3.8) is 0 Å². The van der Waals surface area contributed by atoms with Crippen LogP contribution in [-0.2, 0) is 6.42 Å². The summed E-state index contributed by atoms with van der Waals surface area (Å²) in [5, 5.41) is 12.1. The van der Waals surface area contributed by atoms with Crippen LogP contribution in [0.2, 0.25) is 0 Å². The summed E-state index contributed by atoms with van der Waals surface area (Å²) in [4.78, 5) is 0. The Kier molecular flexibility index (Phi) is 3.78. The molecular formula is C16H17NO. The van der Waals surface area contributed by atoms with Crippen molar-refractivity contribution in [2.24, 2.45) is 0 Å². The van der Waals surface area contributed by atoms with Crippen LogP contribution in [-0.4, -0.2) is 11.0 Å². The van der Waals surface area contributed by atoms with Crippen molar-refractivity contribution in [3.05, 3.63) is 70.4 Å². The fourth-order valence-corrected chi connectivity index (χ4v) is 1.93. The Morgan fingerprint density at radius 2 is 1.83 bits per heavy atom. The highest BCUT2D eigenvalue weighted by Gasteiger charge is 2.06. The van der Waals surface area contributed by atoms with E-state index in [1.807, 2.05) is 49.4 Å². The van der Waals surface area contributed by atoms with Crippen molar-refractivity contribution in [2.75, 3.05) is 0 Å². The van der Waals surface area contributed by atoms with Gasteiger partial charge in [-0.05, 0) is 37.1 Å². The fraction of sp³-hybridized carbons (Fsp3) is 0.188. The van der Waals surface area contributed by atoms with Crippen LogP contribution in [0.25, 0.3) is 0 Å². The smallest absolute Gasteiger partial charge is 0.219 e. The molecule has 18 heavy (non-hydrogen) atoms. The third kappa shape index (κ3) is 2.77. The molecule has 0 aliphatic heterocycles. The molecule has 2 nitrogen and oxygen atoms in total. The van der Waals surface area contributed by atoms with Gasteiger partial charge in [-0.25, -0.2) is 0 Å². The van der Waals surface area contributed by atoms with E-state index < -0.39 is 0 Å². The number of rotatable bonds is 3. The fourth-order valence-electron chi connectivity index (χ4n) is 1.93. The van der Waals surface area contributed by atoms with Gasteiger partial charge in [0.1, 0.15) is 0 Å². The summed E-state index contributed by atoms with van der Waals surface area (Å²) in [7, 11) is 0. The number of benzene rings is 2. The van der Waals surface area contributed by atoms with E-state index in [2.05, 4.69) is 13.0 Å². The lowest BCUT2D eigenvalue weighted by Gasteiger charge is -2.07. The van der Waals surface area contributed by atoms with Crippen LogP contribution < -0.4 is 0 Å². The van der Waals surface area contributed by atoms with E-state index in [9.17, 15) is 5.21 Å². The van der Waals surface area contributed by atoms with E-state index in [4.69, 9.17) is 0 Å². The highest BCUT2D eigenvalue weighted by molar-refractivity contribution is 5.76. The second-order valence-corrected chi connectivity index (χ2v) is 4.34. The molecular weight excluding hydrogens is 222 g/mol. The molecule has 2 rings (SSSR count). The third-order valence-corrected chi connectivity index (χ3v) is 2.97. The lowest BCUT2D eigenvalue weighted by Crippen LogP contribution is -2.01. The molecule has 0 fully saturated rings. The van der Waals surface area contributed by atoms with E-state index >= 15 is 0 Å². The summed E-state index contributed by atoms with van der Waals surface area (Å²) in [5.74, 6) is 0. The molecule has 0 N–H and O–H groups in total. The molecule has 0 amide bonds. The second-order valence-electron chi connectivity index (χ2n) is 4.34. The Hall–Kier alpha value is -2.09. The minimum absolute atomic E-state index is 0.705. The Bertz CT molecular complexity index is 559. The maximum Gasteiger partial charge on any atom is 0.219 e. The van der Waals surface area contributed by atoms with Gasteiger partial charge in [0.15, 0.2) is 6.21 Å². The maximum atomic E-state index is 12.1. The van der Waals surface area contributed by atoms with Gasteiger partial charge in [-0.2, -0.15) is 4.74 Å². The van der Waals surface area contributed by atoms with Crippen LogP contribution >= 0.6 is 0 Å². The molecule has 0 radical (unpaired) electrons. The number of hydrogen-bond donors (Lipinski definition) is 0. The number of aryl methyl sites for hydroxylation is 2. The standard InChI is InChI=1S/C16H17NO/c1-3-14-9-10-16(13(2)11-14)17(18)12-15-7-5-4-6-8-15/h4-12H,3H2,1-2H3. The first-order valence-corrected chi connectivity index (χ1v) is 6.16. The molecule has 0 saturated heterocycles. The summed E-state index contributed by atoms with van der Waals surface area (Å²) in [6.07, 6.45) is 2.59. The lowest BCUT2D eigenvalue weighted by atomic mass is 10.1. The maximum absolute atomic E-state index is 12.1. The van der Waals surface area contributed by atoms with Gasteiger partial charge < -0.3 is 5.21 Å². The van der Waals surface area contributed by atoms with E-state index in [1.165, 1.54) is 5.56 Å². The Morgan fingerprint density at radius 3 is 2.44 bits per heavy atom. The normalized spacial score (nSPS) is 11.6. The van der Waals surface area contributed by atoms with Crippen molar-refractivity contribution in [3.8, 4) is 0 Å². The monoisotopic (exact) mass is 239 g/mol. The molecule has 2 heteroatoms. The highest BCUT2D eigenvalue weighted by Crippen LogP contribution is 2.19. The molecule has 0 bridgehead atoms. The van der Waals surface area contributed by atoms with Crippen LogP contribution in [0.15, 0.2) is 48.5 Å². The first-order valence-electron chi connectivity index (χ1n) is 6.16. The Morgan fingerprint density at radius 1 is 1.11 bits per heavy atom. The molecule has 0 aliphatic carbocycles. The van der Waals surface area contributed by atoms with Crippen molar-refractivity contribution in [1.82, 2.24) is 0 Å². The summed E-state index contributed by atoms with van der Waals surface area (Å²) < 4.78 is 0.935. The molecule has 0 saturated carbocycles. The summed E-state index contributed by atoms with van der Waals surface area (Å²) >= 11 is 0. The van der Waals surface area contributed by atoms with Gasteiger partial charge in [0.05, 0.1) is 0 Å². The second kappa shape index (κ2) is 5.50. The zero-order valence-electron chi connectivity index (χ0n) is 10.8. The van der Waals surface area contributed by atoms with Crippen molar-refractivity contribution < 1.29 is 4.74 Å². The van der Waals surface area contributed by atoms with E-state index in [0.717, 1.165) is 22.3 Å². The summed E-state index contributed by atoms with van der Waals surface area (Å²) in [6.45, 7) is 4.08. The predicted molar refractivity (Wildman–Crippen MR) is 75.5 cm³/mol. The van der Waals surface area contributed by atoms with Gasteiger partial charge in [-0.15, -0.1) is 0 Å². The largest absolute Gasteiger partial charge is 0.618 e. The van der Waals surface area contributed by atoms with Crippen molar-refractivity contribution in [1.29, 1.82) is 0 Å². The van der Waals surface area contributed by atoms with E-state index in [1.54, 1.807) is 6.21 Å². The predicted octanol–water partition coefficient (Wildman–Crippen LogP) is 3.82. The van der Waals surface area contributed by atoms with E-state index in [-0.39, 0.29) is 0 Å². The molecule has 0 heterocycles. The molecule has 0 aliphatic rings. The average Bonchev–Trinajstić information content (AvgIpc) is 2.39. The van der Waals surface area contributed by atoms with Gasteiger partial charge >= 0.3 is 0 Å². The quantitative estimate of drug-likeness (QED) is 0.346. The molecule has 0 spiro atoms. The molecule has 0 unspecified atom stereocenters. The van der Waals surface area contributed by atoms with Crippen molar-refractivity contribution in [2.45, 2.75) is 20.3 Å². The first-order chi connectivity index (χ1) is 8.70. The van der Waals surface area contributed by atoms with Crippen LogP contribution in [0.4, 0.5) is 5.69 Å². The van der Waals surface area contributed by atoms with Gasteiger partial charge in [-0.3, -0.25) is 0 Å². The molecule has 2 aromatic rings. The zero-order valence-corrected chi connectivity index (χ0v) is 10.8. The molecule has 2 aromatic carbocycles. The van der Waals surface area contributed by atoms with Crippen LogP contribution in [0.3, 0.4) is 0 Å². The summed E-state index contributed by atoms with van der Waals surface area (Å²) in [5.41, 5.74) is 3.88. The zero-order chi connectivity index (χ0) is 13.0. The van der Waals surface area contributed by atoms with Gasteiger partial charge in [0, 0.05) is 17.2 Å². The minimum Gasteiger partial charge on any atom is -0.618 e. The molecule has 0 aromatic heterocycles. The van der Waals surface area contributed by atoms with Crippen LogP contribution in [0, 0.1) is 12.1 Å². The highest BCUT2D eigenvalue weighted by atomic mass is 16.5. The average molecular weight is 239 g/mol. The van der Waals surface area contributed by atoms with Gasteiger partial charge in [0.25, 0.3) is 0 Å². The topological polar surface area (TPSA) is 26.1 Å². The SMILES string of the molecule is CCc1ccc([N+]([O-])=Cc2ccccc2)c(C)c1. The Balaban J connectivity index is 2.34. The Labute approximate surface area is 108 Å². The van der Waals surface area contributed by atoms with Crippen LogP contribution in [0.5, 0.6) is 0 Å².